The maximum atomic E-state index is 12.6. The third-order valence-corrected chi connectivity index (χ3v) is 6.21. The molecule has 0 bridgehead atoms. The van der Waals surface area contributed by atoms with Crippen molar-refractivity contribution in [2.75, 3.05) is 39.3 Å². The van der Waals surface area contributed by atoms with E-state index in [9.17, 15) is 9.59 Å². The van der Waals surface area contributed by atoms with Crippen molar-refractivity contribution in [1.29, 1.82) is 0 Å². The van der Waals surface area contributed by atoms with Gasteiger partial charge in [0, 0.05) is 50.4 Å². The van der Waals surface area contributed by atoms with Gasteiger partial charge < -0.3 is 19.7 Å². The molecule has 0 spiro atoms. The summed E-state index contributed by atoms with van der Waals surface area (Å²) in [5.41, 5.74) is 0.705. The summed E-state index contributed by atoms with van der Waals surface area (Å²) in [7, 11) is 0. The van der Waals surface area contributed by atoms with E-state index in [0.717, 1.165) is 24.5 Å². The lowest BCUT2D eigenvalue weighted by Gasteiger charge is -2.35. The molecule has 2 aliphatic heterocycles. The van der Waals surface area contributed by atoms with Gasteiger partial charge in [0.1, 0.15) is 6.61 Å². The molecule has 0 aliphatic carbocycles. The van der Waals surface area contributed by atoms with Gasteiger partial charge in [-0.05, 0) is 12.1 Å². The fourth-order valence-electron chi connectivity index (χ4n) is 3.78. The van der Waals surface area contributed by atoms with Gasteiger partial charge in [-0.25, -0.2) is 9.78 Å². The molecule has 2 aliphatic rings. The number of aromatic nitrogens is 2. The van der Waals surface area contributed by atoms with E-state index in [2.05, 4.69) is 15.2 Å². The second-order valence-electron chi connectivity index (χ2n) is 7.59. The zero-order valence-corrected chi connectivity index (χ0v) is 17.7. The van der Waals surface area contributed by atoms with E-state index < -0.39 is 0 Å². The second-order valence-corrected chi connectivity index (χ2v) is 8.46. The number of carbonyl (C=O) groups excluding carboxylic acids is 1. The fraction of sp³-hybridized carbons (Fsp3) is 0.381. The van der Waals surface area contributed by atoms with E-state index in [1.54, 1.807) is 21.6 Å². The number of ether oxygens (including phenoxy) is 2. The maximum Gasteiger partial charge on any atom is 0.317 e. The summed E-state index contributed by atoms with van der Waals surface area (Å²) in [6.45, 7) is 4.11. The highest BCUT2D eigenvalue weighted by Crippen LogP contribution is 2.30. The Labute approximate surface area is 182 Å². The van der Waals surface area contributed by atoms with Crippen LogP contribution in [0.15, 0.2) is 46.7 Å². The summed E-state index contributed by atoms with van der Waals surface area (Å²) >= 11 is 1.45. The molecule has 162 valence electrons. The Hall–Kier alpha value is -3.11. The Balaban J connectivity index is 1.09. The average Bonchev–Trinajstić information content (AvgIpc) is 3.27. The number of benzene rings is 1. The number of piperazine rings is 1. The highest BCUT2D eigenvalue weighted by atomic mass is 32.1. The van der Waals surface area contributed by atoms with Gasteiger partial charge in [0.05, 0.1) is 12.2 Å². The monoisotopic (exact) mass is 441 g/mol. The third kappa shape index (κ3) is 4.35. The number of para-hydroxylation sites is 2. The summed E-state index contributed by atoms with van der Waals surface area (Å²) < 4.78 is 13.1. The quantitative estimate of drug-likeness (QED) is 0.659. The Morgan fingerprint density at radius 2 is 2.00 bits per heavy atom. The highest BCUT2D eigenvalue weighted by Gasteiger charge is 2.25. The van der Waals surface area contributed by atoms with Crippen LogP contribution in [0, 0.1) is 0 Å². The second kappa shape index (κ2) is 8.56. The number of urea groups is 1. The first-order valence-corrected chi connectivity index (χ1v) is 11.1. The molecule has 1 aromatic carbocycles. The standard InChI is InChI=1S/C21H23N5O4S/c27-19-11-15(23-21-26(19)9-10-31-21)13-24-5-7-25(8-6-24)20(28)22-12-16-14-29-17-3-1-2-4-18(17)30-16/h1-4,9-11,16H,5-8,12-14H2,(H,22,28)/t16-/m0/s1. The third-order valence-electron chi connectivity index (χ3n) is 5.45. The fourth-order valence-corrected chi connectivity index (χ4v) is 4.52. The Morgan fingerprint density at radius 1 is 1.19 bits per heavy atom. The van der Waals surface area contributed by atoms with Crippen LogP contribution >= 0.6 is 11.3 Å². The summed E-state index contributed by atoms with van der Waals surface area (Å²) in [6, 6.07) is 9.02. The number of amides is 2. The Morgan fingerprint density at radius 3 is 2.84 bits per heavy atom. The highest BCUT2D eigenvalue weighted by molar-refractivity contribution is 7.15. The van der Waals surface area contributed by atoms with E-state index >= 15 is 0 Å². The number of hydrogen-bond donors (Lipinski definition) is 1. The minimum absolute atomic E-state index is 0.0594. The average molecular weight is 442 g/mol. The van der Waals surface area contributed by atoms with Crippen LogP contribution in [0.1, 0.15) is 5.69 Å². The van der Waals surface area contributed by atoms with E-state index in [1.165, 1.54) is 11.3 Å². The van der Waals surface area contributed by atoms with Gasteiger partial charge in [0.2, 0.25) is 0 Å². The normalized spacial score (nSPS) is 18.8. The molecular weight excluding hydrogens is 418 g/mol. The van der Waals surface area contributed by atoms with Crippen molar-refractivity contribution >= 4 is 22.3 Å². The first kappa shape index (κ1) is 19.8. The zero-order valence-electron chi connectivity index (χ0n) is 16.9. The van der Waals surface area contributed by atoms with Crippen molar-refractivity contribution in [2.45, 2.75) is 12.6 Å². The van der Waals surface area contributed by atoms with Crippen LogP contribution in [0.5, 0.6) is 11.5 Å². The topological polar surface area (TPSA) is 88.4 Å². The van der Waals surface area contributed by atoms with Crippen molar-refractivity contribution in [3.8, 4) is 11.5 Å². The van der Waals surface area contributed by atoms with Crippen molar-refractivity contribution in [2.24, 2.45) is 0 Å². The molecule has 2 amide bonds. The SMILES string of the molecule is O=C(NC[C@H]1COc2ccccc2O1)N1CCN(Cc2cc(=O)n3ccsc3n2)CC1. The molecule has 0 radical (unpaired) electrons. The molecule has 2 aromatic heterocycles. The molecule has 1 atom stereocenters. The van der Waals surface area contributed by atoms with Crippen LogP contribution in [0.25, 0.3) is 4.96 Å². The number of nitrogens with one attached hydrogen (secondary N) is 1. The van der Waals surface area contributed by atoms with Crippen molar-refractivity contribution in [1.82, 2.24) is 24.5 Å². The molecule has 0 saturated carbocycles. The summed E-state index contributed by atoms with van der Waals surface area (Å²) in [6.07, 6.45) is 1.53. The molecule has 4 heterocycles. The van der Waals surface area contributed by atoms with Crippen LogP contribution in [-0.2, 0) is 6.54 Å². The molecule has 9 nitrogen and oxygen atoms in total. The Bertz CT molecular complexity index is 1140. The van der Waals surface area contributed by atoms with Crippen LogP contribution in [0.4, 0.5) is 4.79 Å². The predicted octanol–water partition coefficient (Wildman–Crippen LogP) is 1.42. The molecule has 31 heavy (non-hydrogen) atoms. The lowest BCUT2D eigenvalue weighted by molar-refractivity contribution is 0.0876. The minimum atomic E-state index is -0.211. The Kier molecular flexibility index (Phi) is 5.47. The molecule has 1 saturated heterocycles. The van der Waals surface area contributed by atoms with Crippen LogP contribution in [-0.4, -0.2) is 70.7 Å². The molecule has 1 N–H and O–H groups in total. The zero-order chi connectivity index (χ0) is 21.2. The smallest absolute Gasteiger partial charge is 0.317 e. The number of fused-ring (bicyclic) bond motifs is 2. The lowest BCUT2D eigenvalue weighted by atomic mass is 10.2. The molecule has 1 fully saturated rings. The largest absolute Gasteiger partial charge is 0.486 e. The molecular formula is C21H23N5O4S. The van der Waals surface area contributed by atoms with E-state index in [4.69, 9.17) is 9.47 Å². The van der Waals surface area contributed by atoms with Crippen LogP contribution < -0.4 is 20.3 Å². The van der Waals surface area contributed by atoms with Gasteiger partial charge in [-0.2, -0.15) is 0 Å². The maximum absolute atomic E-state index is 12.6. The van der Waals surface area contributed by atoms with Gasteiger partial charge in [-0.15, -0.1) is 11.3 Å². The van der Waals surface area contributed by atoms with E-state index in [0.29, 0.717) is 43.5 Å². The van der Waals surface area contributed by atoms with Crippen LogP contribution in [0.2, 0.25) is 0 Å². The molecule has 10 heteroatoms. The van der Waals surface area contributed by atoms with Crippen molar-refractivity contribution in [3.63, 3.8) is 0 Å². The molecule has 0 unspecified atom stereocenters. The van der Waals surface area contributed by atoms with Gasteiger partial charge in [0.15, 0.2) is 22.6 Å². The number of thiazole rings is 1. The van der Waals surface area contributed by atoms with Gasteiger partial charge in [-0.1, -0.05) is 12.1 Å². The number of rotatable bonds is 4. The van der Waals surface area contributed by atoms with Crippen molar-refractivity contribution in [3.05, 3.63) is 58.0 Å². The van der Waals surface area contributed by atoms with Crippen molar-refractivity contribution < 1.29 is 14.3 Å². The number of hydrogen-bond acceptors (Lipinski definition) is 7. The lowest BCUT2D eigenvalue weighted by Crippen LogP contribution is -2.53. The van der Waals surface area contributed by atoms with Gasteiger partial charge >= 0.3 is 6.03 Å². The predicted molar refractivity (Wildman–Crippen MR) is 116 cm³/mol. The molecule has 3 aromatic rings. The molecule has 5 rings (SSSR count). The van der Waals surface area contributed by atoms with Gasteiger partial charge in [0.25, 0.3) is 5.56 Å². The summed E-state index contributed by atoms with van der Waals surface area (Å²) in [5, 5.41) is 4.81. The summed E-state index contributed by atoms with van der Waals surface area (Å²) in [4.78, 5) is 34.0. The minimum Gasteiger partial charge on any atom is -0.486 e. The number of nitrogens with zero attached hydrogens (tertiary/aromatic N) is 4. The first-order valence-electron chi connectivity index (χ1n) is 10.2. The van der Waals surface area contributed by atoms with Gasteiger partial charge in [-0.3, -0.25) is 14.1 Å². The first-order chi connectivity index (χ1) is 15.2. The van der Waals surface area contributed by atoms with Crippen LogP contribution in [0.3, 0.4) is 0 Å². The number of carbonyl (C=O) groups is 1. The summed E-state index contributed by atoms with van der Waals surface area (Å²) in [5.74, 6) is 1.44. The van der Waals surface area contributed by atoms with E-state index in [1.807, 2.05) is 29.6 Å². The van der Waals surface area contributed by atoms with E-state index in [-0.39, 0.29) is 17.7 Å².